The molecule has 0 bridgehead atoms. The fourth-order valence-electron chi connectivity index (χ4n) is 2.29. The van der Waals surface area contributed by atoms with Gasteiger partial charge in [0.1, 0.15) is 11.6 Å². The molecule has 0 fully saturated rings. The number of thioether (sulfide) groups is 1. The van der Waals surface area contributed by atoms with Crippen LogP contribution in [0.1, 0.15) is 31.9 Å². The van der Waals surface area contributed by atoms with E-state index in [4.69, 9.17) is 4.74 Å². The topological polar surface area (TPSA) is 55.4 Å². The summed E-state index contributed by atoms with van der Waals surface area (Å²) < 4.78 is 5.31. The fraction of sp³-hybridized carbons (Fsp3) is 0.333. The zero-order valence-electron chi connectivity index (χ0n) is 15.6. The van der Waals surface area contributed by atoms with Crippen molar-refractivity contribution < 1.29 is 14.3 Å². The van der Waals surface area contributed by atoms with Crippen LogP contribution in [0.15, 0.2) is 59.5 Å². The van der Waals surface area contributed by atoms with Gasteiger partial charge in [-0.25, -0.2) is 4.79 Å². The third kappa shape index (κ3) is 6.92. The molecule has 0 aliphatic carbocycles. The first-order valence-electron chi connectivity index (χ1n) is 8.55. The Hall–Kier alpha value is -2.27. The highest BCUT2D eigenvalue weighted by Gasteiger charge is 2.25. The molecular weight excluding hydrogens is 346 g/mol. The van der Waals surface area contributed by atoms with Crippen molar-refractivity contribution in [2.75, 3.05) is 0 Å². The van der Waals surface area contributed by atoms with Crippen LogP contribution in [-0.4, -0.2) is 22.9 Å². The van der Waals surface area contributed by atoms with Crippen molar-refractivity contribution in [1.29, 1.82) is 0 Å². The zero-order chi connectivity index (χ0) is 19.2. The molecule has 0 saturated heterocycles. The third-order valence-corrected chi connectivity index (χ3v) is 4.49. The molecule has 0 unspecified atom stereocenters. The highest BCUT2D eigenvalue weighted by molar-refractivity contribution is 8.13. The Balaban J connectivity index is 2.11. The van der Waals surface area contributed by atoms with Crippen LogP contribution in [0.4, 0.5) is 4.79 Å². The summed E-state index contributed by atoms with van der Waals surface area (Å²) in [5.41, 5.74) is 1.50. The lowest BCUT2D eigenvalue weighted by atomic mass is 10.1. The van der Waals surface area contributed by atoms with Crippen molar-refractivity contribution in [3.05, 3.63) is 65.7 Å². The number of hydrogen-bond donors (Lipinski definition) is 1. The van der Waals surface area contributed by atoms with E-state index in [-0.39, 0.29) is 5.12 Å². The van der Waals surface area contributed by atoms with E-state index in [2.05, 4.69) is 5.32 Å². The lowest BCUT2D eigenvalue weighted by Gasteiger charge is -2.23. The summed E-state index contributed by atoms with van der Waals surface area (Å²) in [6, 6.07) is 16.7. The van der Waals surface area contributed by atoms with Crippen molar-refractivity contribution in [3.63, 3.8) is 0 Å². The van der Waals surface area contributed by atoms with Gasteiger partial charge in [0, 0.05) is 11.3 Å². The van der Waals surface area contributed by atoms with Gasteiger partial charge in [0.25, 0.3) is 0 Å². The summed E-state index contributed by atoms with van der Waals surface area (Å²) >= 11 is 1.13. The highest BCUT2D eigenvalue weighted by atomic mass is 32.2. The Kier molecular flexibility index (Phi) is 6.86. The highest BCUT2D eigenvalue weighted by Crippen LogP contribution is 2.22. The normalized spacial score (nSPS) is 12.3. The fourth-order valence-corrected chi connectivity index (χ4v) is 3.08. The molecule has 4 nitrogen and oxygen atoms in total. The Morgan fingerprint density at radius 2 is 1.65 bits per heavy atom. The first kappa shape index (κ1) is 20.0. The van der Waals surface area contributed by atoms with Crippen LogP contribution < -0.4 is 5.32 Å². The first-order chi connectivity index (χ1) is 12.2. The summed E-state index contributed by atoms with van der Waals surface area (Å²) in [6.07, 6.45) is -0.172. The molecule has 0 aliphatic rings. The van der Waals surface area contributed by atoms with E-state index in [0.29, 0.717) is 6.42 Å². The van der Waals surface area contributed by atoms with E-state index in [9.17, 15) is 9.59 Å². The van der Waals surface area contributed by atoms with Crippen LogP contribution in [-0.2, 0) is 16.0 Å². The van der Waals surface area contributed by atoms with Crippen molar-refractivity contribution in [1.82, 2.24) is 5.32 Å². The molecule has 0 heterocycles. The van der Waals surface area contributed by atoms with Gasteiger partial charge in [-0.3, -0.25) is 4.79 Å². The molecule has 0 saturated carbocycles. The first-order valence-corrected chi connectivity index (χ1v) is 9.36. The maximum Gasteiger partial charge on any atom is 0.408 e. The molecule has 0 aromatic heterocycles. The summed E-state index contributed by atoms with van der Waals surface area (Å²) in [5.74, 6) is 0. The molecule has 2 aromatic rings. The quantitative estimate of drug-likeness (QED) is 0.771. The molecule has 1 atom stereocenters. The summed E-state index contributed by atoms with van der Waals surface area (Å²) in [7, 11) is 0. The van der Waals surface area contributed by atoms with Crippen molar-refractivity contribution >= 4 is 23.0 Å². The Morgan fingerprint density at radius 3 is 2.23 bits per heavy atom. The van der Waals surface area contributed by atoms with Gasteiger partial charge in [-0.05, 0) is 57.2 Å². The number of rotatable bonds is 5. The molecule has 0 radical (unpaired) electrons. The van der Waals surface area contributed by atoms with Crippen LogP contribution in [0.3, 0.4) is 0 Å². The molecule has 1 amide bonds. The average Bonchev–Trinajstić information content (AvgIpc) is 2.55. The number of carbonyl (C=O) groups is 2. The minimum atomic E-state index is -0.668. The second-order valence-corrected chi connectivity index (χ2v) is 8.20. The van der Waals surface area contributed by atoms with Crippen LogP contribution >= 0.6 is 11.8 Å². The van der Waals surface area contributed by atoms with Crippen molar-refractivity contribution in [2.24, 2.45) is 0 Å². The molecule has 26 heavy (non-hydrogen) atoms. The SMILES string of the molecule is Cc1ccc(SC(=O)[C@H](Cc2ccccc2)NC(=O)OC(C)(C)C)cc1. The summed E-state index contributed by atoms with van der Waals surface area (Å²) in [4.78, 5) is 25.8. The largest absolute Gasteiger partial charge is 0.444 e. The minimum absolute atomic E-state index is 0.122. The molecular formula is C21H25NO3S. The Bertz CT molecular complexity index is 736. The van der Waals surface area contributed by atoms with Gasteiger partial charge in [-0.1, -0.05) is 48.0 Å². The number of nitrogens with one attached hydrogen (secondary N) is 1. The predicted molar refractivity (Wildman–Crippen MR) is 105 cm³/mol. The molecule has 0 aliphatic heterocycles. The van der Waals surface area contributed by atoms with Gasteiger partial charge in [0.2, 0.25) is 5.12 Å². The van der Waals surface area contributed by atoms with Gasteiger partial charge < -0.3 is 10.1 Å². The monoisotopic (exact) mass is 371 g/mol. The van der Waals surface area contributed by atoms with Crippen LogP contribution in [0.25, 0.3) is 0 Å². The molecule has 1 N–H and O–H groups in total. The second-order valence-electron chi connectivity index (χ2n) is 7.12. The lowest BCUT2D eigenvalue weighted by molar-refractivity contribution is -0.112. The number of carbonyl (C=O) groups excluding carboxylic acids is 2. The van der Waals surface area contributed by atoms with Crippen LogP contribution in [0.5, 0.6) is 0 Å². The van der Waals surface area contributed by atoms with Gasteiger partial charge in [0.15, 0.2) is 0 Å². The van der Waals surface area contributed by atoms with E-state index in [0.717, 1.165) is 27.8 Å². The van der Waals surface area contributed by atoms with E-state index < -0.39 is 17.7 Å². The second kappa shape index (κ2) is 8.90. The standard InChI is InChI=1S/C21H25NO3S/c1-15-10-12-17(13-11-15)26-19(23)18(14-16-8-6-5-7-9-16)22-20(24)25-21(2,3)4/h5-13,18H,14H2,1-4H3,(H,22,24)/t18-/m0/s1. The summed E-state index contributed by atoms with van der Waals surface area (Å²) in [6.45, 7) is 7.38. The van der Waals surface area contributed by atoms with Crippen LogP contribution in [0.2, 0.25) is 0 Å². The van der Waals surface area contributed by atoms with Crippen LogP contribution in [0, 0.1) is 6.92 Å². The number of alkyl carbamates (subject to hydrolysis) is 1. The average molecular weight is 372 g/mol. The molecule has 0 spiro atoms. The van der Waals surface area contributed by atoms with E-state index in [1.165, 1.54) is 0 Å². The van der Waals surface area contributed by atoms with Crippen molar-refractivity contribution in [3.8, 4) is 0 Å². The van der Waals surface area contributed by atoms with Gasteiger partial charge in [0.05, 0.1) is 0 Å². The number of hydrogen-bond acceptors (Lipinski definition) is 4. The molecule has 138 valence electrons. The third-order valence-electron chi connectivity index (χ3n) is 3.50. The number of ether oxygens (including phenoxy) is 1. The van der Waals surface area contributed by atoms with Crippen molar-refractivity contribution in [2.45, 2.75) is 50.7 Å². The molecule has 2 rings (SSSR count). The Labute approximate surface area is 159 Å². The summed E-state index contributed by atoms with van der Waals surface area (Å²) in [5, 5.41) is 2.60. The maximum atomic E-state index is 12.8. The minimum Gasteiger partial charge on any atom is -0.444 e. The Morgan fingerprint density at radius 1 is 1.04 bits per heavy atom. The van der Waals surface area contributed by atoms with Gasteiger partial charge in [-0.2, -0.15) is 0 Å². The number of amides is 1. The smallest absolute Gasteiger partial charge is 0.408 e. The maximum absolute atomic E-state index is 12.8. The van der Waals surface area contributed by atoms with Gasteiger partial charge in [-0.15, -0.1) is 0 Å². The van der Waals surface area contributed by atoms with Gasteiger partial charge >= 0.3 is 6.09 Å². The predicted octanol–water partition coefficient (Wildman–Crippen LogP) is 4.75. The zero-order valence-corrected chi connectivity index (χ0v) is 16.4. The molecule has 5 heteroatoms. The molecule has 2 aromatic carbocycles. The number of benzene rings is 2. The lowest BCUT2D eigenvalue weighted by Crippen LogP contribution is -2.43. The van der Waals surface area contributed by atoms with E-state index in [1.807, 2.05) is 61.5 Å². The number of aryl methyl sites for hydroxylation is 1. The van der Waals surface area contributed by atoms with E-state index in [1.54, 1.807) is 20.8 Å². The van der Waals surface area contributed by atoms with E-state index >= 15 is 0 Å².